The van der Waals surface area contributed by atoms with Crippen molar-refractivity contribution in [3.8, 4) is 0 Å². The van der Waals surface area contributed by atoms with Crippen LogP contribution in [0.1, 0.15) is 49.9 Å². The Bertz CT molecular complexity index is 699. The molecule has 1 fully saturated rings. The third-order valence-corrected chi connectivity index (χ3v) is 5.82. The Morgan fingerprint density at radius 3 is 2.56 bits per heavy atom. The van der Waals surface area contributed by atoms with E-state index in [0.29, 0.717) is 42.3 Å². The quantitative estimate of drug-likeness (QED) is 0.405. The molecule has 1 amide bonds. The molecule has 2 rings (SSSR count). The summed E-state index contributed by atoms with van der Waals surface area (Å²) in [6.45, 7) is 5.18. The van der Waals surface area contributed by atoms with E-state index < -0.39 is 10.9 Å². The molecule has 0 spiro atoms. The van der Waals surface area contributed by atoms with Crippen molar-refractivity contribution in [3.05, 3.63) is 33.9 Å². The summed E-state index contributed by atoms with van der Waals surface area (Å²) in [6, 6.07) is 4.67. The number of rotatable bonds is 8. The number of hydrogen-bond acceptors (Lipinski definition) is 5. The monoisotopic (exact) mass is 394 g/mol. The highest BCUT2D eigenvalue weighted by Gasteiger charge is 2.26. The lowest BCUT2D eigenvalue weighted by atomic mass is 9.93. The van der Waals surface area contributed by atoms with E-state index in [1.165, 1.54) is 17.8 Å². The number of nitro benzene ring substituents is 1. The van der Waals surface area contributed by atoms with Crippen molar-refractivity contribution in [1.29, 1.82) is 0 Å². The maximum Gasteiger partial charge on any atom is 0.303 e. The van der Waals surface area contributed by atoms with Gasteiger partial charge in [-0.05, 0) is 49.0 Å². The first-order valence-corrected chi connectivity index (χ1v) is 10.2. The van der Waals surface area contributed by atoms with E-state index >= 15 is 0 Å². The Kier molecular flexibility index (Phi) is 7.65. The van der Waals surface area contributed by atoms with E-state index in [9.17, 15) is 19.7 Å². The van der Waals surface area contributed by atoms with Crippen LogP contribution in [0.3, 0.4) is 0 Å². The maximum absolute atomic E-state index is 12.7. The summed E-state index contributed by atoms with van der Waals surface area (Å²) < 4.78 is 0. The number of carboxylic acid groups (broad SMARTS) is 1. The minimum atomic E-state index is -0.819. The number of piperidine rings is 1. The first-order valence-electron chi connectivity index (χ1n) is 9.20. The first kappa shape index (κ1) is 21.2. The molecule has 0 aromatic heterocycles. The van der Waals surface area contributed by atoms with Gasteiger partial charge in [0.25, 0.3) is 11.6 Å². The number of carbonyl (C=O) groups excluding carboxylic acids is 1. The van der Waals surface area contributed by atoms with E-state index in [4.69, 9.17) is 5.11 Å². The van der Waals surface area contributed by atoms with Crippen LogP contribution in [-0.2, 0) is 4.79 Å². The highest BCUT2D eigenvalue weighted by atomic mass is 32.2. The smallest absolute Gasteiger partial charge is 0.303 e. The van der Waals surface area contributed by atoms with E-state index in [1.807, 2.05) is 0 Å². The zero-order chi connectivity index (χ0) is 20.0. The molecule has 1 N–H and O–H groups in total. The van der Waals surface area contributed by atoms with Crippen LogP contribution in [0.25, 0.3) is 0 Å². The van der Waals surface area contributed by atoms with Crippen LogP contribution in [0.15, 0.2) is 23.1 Å². The van der Waals surface area contributed by atoms with Crippen LogP contribution in [-0.4, -0.2) is 45.6 Å². The number of thioether (sulfide) groups is 1. The largest absolute Gasteiger partial charge is 0.481 e. The molecule has 1 aromatic carbocycles. The third kappa shape index (κ3) is 6.23. The summed E-state index contributed by atoms with van der Waals surface area (Å²) in [5.74, 6) is 0.358. The number of amides is 1. The summed E-state index contributed by atoms with van der Waals surface area (Å²) in [5, 5.41) is 20.3. The Labute approximate surface area is 163 Å². The average Bonchev–Trinajstić information content (AvgIpc) is 2.61. The van der Waals surface area contributed by atoms with Crippen molar-refractivity contribution in [2.45, 2.75) is 44.4 Å². The van der Waals surface area contributed by atoms with Crippen molar-refractivity contribution in [1.82, 2.24) is 4.90 Å². The molecule has 7 nitrogen and oxygen atoms in total. The second kappa shape index (κ2) is 9.73. The molecule has 27 heavy (non-hydrogen) atoms. The molecule has 0 radical (unpaired) electrons. The Hall–Kier alpha value is -2.09. The first-order chi connectivity index (χ1) is 12.8. The lowest BCUT2D eigenvalue weighted by Crippen LogP contribution is -2.38. The molecule has 1 saturated heterocycles. The minimum Gasteiger partial charge on any atom is -0.481 e. The van der Waals surface area contributed by atoms with Crippen molar-refractivity contribution in [2.24, 2.45) is 11.8 Å². The standard InChI is InChI=1S/C19H26N2O5S/c1-13(2)7-10-27-17-4-3-15(12-16(17)21(25)26)19(24)20-8-5-14(6-9-20)11-18(22)23/h3-4,12-14H,5-11H2,1-2H3,(H,22,23). The molecule has 8 heteroatoms. The molecule has 0 saturated carbocycles. The summed E-state index contributed by atoms with van der Waals surface area (Å²) in [5.41, 5.74) is 0.280. The number of nitrogens with zero attached hydrogens (tertiary/aromatic N) is 2. The number of aliphatic carboxylic acids is 1. The fourth-order valence-electron chi connectivity index (χ4n) is 3.09. The molecule has 0 unspecified atom stereocenters. The Morgan fingerprint density at radius 2 is 2.00 bits per heavy atom. The van der Waals surface area contributed by atoms with Crippen molar-refractivity contribution in [2.75, 3.05) is 18.8 Å². The maximum atomic E-state index is 12.7. The van der Waals surface area contributed by atoms with Gasteiger partial charge < -0.3 is 10.0 Å². The summed E-state index contributed by atoms with van der Waals surface area (Å²) in [7, 11) is 0. The van der Waals surface area contributed by atoms with Gasteiger partial charge in [0, 0.05) is 31.1 Å². The second-order valence-electron chi connectivity index (χ2n) is 7.30. The normalized spacial score (nSPS) is 15.1. The Balaban J connectivity index is 2.05. The Morgan fingerprint density at radius 1 is 1.33 bits per heavy atom. The minimum absolute atomic E-state index is 0.0321. The van der Waals surface area contributed by atoms with Crippen LogP contribution >= 0.6 is 11.8 Å². The third-order valence-electron chi connectivity index (χ3n) is 4.72. The van der Waals surface area contributed by atoms with Gasteiger partial charge in [-0.15, -0.1) is 11.8 Å². The molecular formula is C19H26N2O5S. The predicted molar refractivity (Wildman–Crippen MR) is 104 cm³/mol. The molecule has 0 aliphatic carbocycles. The summed E-state index contributed by atoms with van der Waals surface area (Å²) in [6.07, 6.45) is 2.37. The van der Waals surface area contributed by atoms with Gasteiger partial charge in [-0.25, -0.2) is 0 Å². The number of likely N-dealkylation sites (tertiary alicyclic amines) is 1. The van der Waals surface area contributed by atoms with Crippen LogP contribution in [0.5, 0.6) is 0 Å². The van der Waals surface area contributed by atoms with Gasteiger partial charge in [0.15, 0.2) is 0 Å². The molecule has 0 bridgehead atoms. The highest BCUT2D eigenvalue weighted by molar-refractivity contribution is 7.99. The van der Waals surface area contributed by atoms with Crippen molar-refractivity contribution < 1.29 is 19.6 Å². The van der Waals surface area contributed by atoms with E-state index in [0.717, 1.165) is 12.2 Å². The fourth-order valence-corrected chi connectivity index (χ4v) is 4.34. The van der Waals surface area contributed by atoms with Crippen LogP contribution in [0.2, 0.25) is 0 Å². The molecule has 1 aliphatic heterocycles. The van der Waals surface area contributed by atoms with Gasteiger partial charge in [0.05, 0.1) is 9.82 Å². The number of carbonyl (C=O) groups is 2. The molecule has 1 aliphatic rings. The van der Waals surface area contributed by atoms with Gasteiger partial charge in [0.2, 0.25) is 0 Å². The van der Waals surface area contributed by atoms with Gasteiger partial charge in [-0.2, -0.15) is 0 Å². The zero-order valence-electron chi connectivity index (χ0n) is 15.7. The van der Waals surface area contributed by atoms with E-state index in [-0.39, 0.29) is 23.9 Å². The average molecular weight is 394 g/mol. The number of hydrogen-bond donors (Lipinski definition) is 1. The van der Waals surface area contributed by atoms with Gasteiger partial charge in [-0.3, -0.25) is 19.7 Å². The van der Waals surface area contributed by atoms with Gasteiger partial charge in [-0.1, -0.05) is 13.8 Å². The molecule has 148 valence electrons. The van der Waals surface area contributed by atoms with Crippen molar-refractivity contribution >= 4 is 29.3 Å². The molecule has 1 heterocycles. The second-order valence-corrected chi connectivity index (χ2v) is 8.44. The lowest BCUT2D eigenvalue weighted by molar-refractivity contribution is -0.387. The predicted octanol–water partition coefficient (Wildman–Crippen LogP) is 4.06. The fraction of sp³-hybridized carbons (Fsp3) is 0.579. The van der Waals surface area contributed by atoms with Crippen LogP contribution in [0.4, 0.5) is 5.69 Å². The van der Waals surface area contributed by atoms with Crippen molar-refractivity contribution in [3.63, 3.8) is 0 Å². The number of nitro groups is 1. The highest BCUT2D eigenvalue weighted by Crippen LogP contribution is 2.32. The topological polar surface area (TPSA) is 101 Å². The number of benzene rings is 1. The molecule has 0 atom stereocenters. The number of carboxylic acids is 1. The summed E-state index contributed by atoms with van der Waals surface area (Å²) >= 11 is 1.44. The summed E-state index contributed by atoms with van der Waals surface area (Å²) in [4.78, 5) is 36.7. The van der Waals surface area contributed by atoms with Gasteiger partial charge in [0.1, 0.15) is 0 Å². The molecule has 1 aromatic rings. The van der Waals surface area contributed by atoms with E-state index in [2.05, 4.69) is 13.8 Å². The van der Waals surface area contributed by atoms with Gasteiger partial charge >= 0.3 is 5.97 Å². The lowest BCUT2D eigenvalue weighted by Gasteiger charge is -2.31. The van der Waals surface area contributed by atoms with Crippen LogP contribution < -0.4 is 0 Å². The van der Waals surface area contributed by atoms with E-state index in [1.54, 1.807) is 17.0 Å². The molecular weight excluding hydrogens is 368 g/mol. The zero-order valence-corrected chi connectivity index (χ0v) is 16.5. The van der Waals surface area contributed by atoms with Crippen LogP contribution in [0, 0.1) is 22.0 Å². The SMILES string of the molecule is CC(C)CCSc1ccc(C(=O)N2CCC(CC(=O)O)CC2)cc1[N+](=O)[O-].